The molecule has 2 aliphatic rings. The first-order valence-corrected chi connectivity index (χ1v) is 10.8. The summed E-state index contributed by atoms with van der Waals surface area (Å²) in [5.41, 5.74) is 9.61. The minimum Gasteiger partial charge on any atom is -0.370 e. The van der Waals surface area contributed by atoms with Gasteiger partial charge in [-0.3, -0.25) is 4.99 Å². The second-order valence-corrected chi connectivity index (χ2v) is 8.93. The molecule has 146 valence electrons. The molecule has 1 aromatic rings. The molecule has 0 atom stereocenters. The Kier molecular flexibility index (Phi) is 8.15. The van der Waals surface area contributed by atoms with Gasteiger partial charge in [0.2, 0.25) is 10.0 Å². The van der Waals surface area contributed by atoms with Gasteiger partial charge in [0, 0.05) is 12.2 Å². The lowest BCUT2D eigenvalue weighted by Gasteiger charge is -2.25. The zero-order valence-electron chi connectivity index (χ0n) is 15.0. The molecule has 4 N–H and O–H groups in total. The first-order valence-electron chi connectivity index (χ1n) is 9.18. The van der Waals surface area contributed by atoms with Crippen LogP contribution in [0.2, 0.25) is 0 Å². The Morgan fingerprint density at radius 1 is 1.19 bits per heavy atom. The fourth-order valence-corrected chi connectivity index (χ4v) is 4.34. The molecule has 0 radical (unpaired) electrons. The van der Waals surface area contributed by atoms with Crippen LogP contribution in [0.4, 0.5) is 5.69 Å². The van der Waals surface area contributed by atoms with Crippen molar-refractivity contribution in [1.29, 1.82) is 0 Å². The maximum atomic E-state index is 12.0. The summed E-state index contributed by atoms with van der Waals surface area (Å²) in [5.74, 6) is 0.747. The first-order chi connectivity index (χ1) is 12.0. The standard InChI is InChI=1S/C18H28N4O2S.HI/c19-18(20-11-12-25(23,24)21-13-14-5-3-6-14)22-17-10-4-8-15-7-1-2-9-16(15)17;/h4,8,10,14,21H,1-3,5-7,9,11-13H2,(H3,19,20,22);1H. The lowest BCUT2D eigenvalue weighted by molar-refractivity contribution is 0.316. The number of anilines is 1. The number of benzene rings is 1. The average Bonchev–Trinajstić information content (AvgIpc) is 2.53. The number of guanidine groups is 1. The monoisotopic (exact) mass is 492 g/mol. The van der Waals surface area contributed by atoms with Gasteiger partial charge in [-0.1, -0.05) is 18.6 Å². The van der Waals surface area contributed by atoms with Crippen LogP contribution < -0.4 is 15.8 Å². The molecule has 0 amide bonds. The fourth-order valence-electron chi connectivity index (χ4n) is 3.38. The number of nitrogens with zero attached hydrogens (tertiary/aromatic N) is 1. The van der Waals surface area contributed by atoms with E-state index in [1.165, 1.54) is 30.4 Å². The third-order valence-corrected chi connectivity index (χ3v) is 6.44. The summed E-state index contributed by atoms with van der Waals surface area (Å²) in [6.45, 7) is 0.712. The quantitative estimate of drug-likeness (QED) is 0.310. The molecule has 1 fully saturated rings. The summed E-state index contributed by atoms with van der Waals surface area (Å²) in [4.78, 5) is 4.18. The van der Waals surface area contributed by atoms with Crippen molar-refractivity contribution < 1.29 is 8.42 Å². The Morgan fingerprint density at radius 2 is 1.96 bits per heavy atom. The summed E-state index contributed by atoms with van der Waals surface area (Å²) in [5, 5.41) is 3.14. The van der Waals surface area contributed by atoms with Crippen LogP contribution in [0.25, 0.3) is 0 Å². The summed E-state index contributed by atoms with van der Waals surface area (Å²) in [6.07, 6.45) is 8.03. The third-order valence-electron chi connectivity index (χ3n) is 5.12. The van der Waals surface area contributed by atoms with E-state index in [-0.39, 0.29) is 42.2 Å². The minimum absolute atomic E-state index is 0. The van der Waals surface area contributed by atoms with Gasteiger partial charge in [0.15, 0.2) is 5.96 Å². The number of hydrogen-bond acceptors (Lipinski definition) is 3. The van der Waals surface area contributed by atoms with Crippen molar-refractivity contribution >= 4 is 45.6 Å². The van der Waals surface area contributed by atoms with E-state index >= 15 is 0 Å². The number of sulfonamides is 1. The average molecular weight is 492 g/mol. The van der Waals surface area contributed by atoms with Crippen molar-refractivity contribution in [1.82, 2.24) is 4.72 Å². The smallest absolute Gasteiger partial charge is 0.213 e. The molecule has 0 bridgehead atoms. The Balaban J connectivity index is 0.00000243. The summed E-state index contributed by atoms with van der Waals surface area (Å²) >= 11 is 0. The van der Waals surface area contributed by atoms with Crippen LogP contribution in [-0.4, -0.2) is 33.2 Å². The number of aryl methyl sites for hydroxylation is 1. The van der Waals surface area contributed by atoms with Crippen LogP contribution in [0.3, 0.4) is 0 Å². The molecular weight excluding hydrogens is 463 g/mol. The summed E-state index contributed by atoms with van der Waals surface area (Å²) in [7, 11) is -3.28. The van der Waals surface area contributed by atoms with E-state index in [9.17, 15) is 8.42 Å². The third kappa shape index (κ3) is 6.09. The first kappa shape index (κ1) is 21.4. The number of nitrogens with one attached hydrogen (secondary N) is 2. The van der Waals surface area contributed by atoms with E-state index in [1.807, 2.05) is 12.1 Å². The SMILES string of the molecule is I.NC(=NCCS(=O)(=O)NCC1CCC1)Nc1cccc2c1CCCC2. The molecule has 0 aromatic heterocycles. The predicted molar refractivity (Wildman–Crippen MR) is 118 cm³/mol. The van der Waals surface area contributed by atoms with Crippen LogP contribution in [0.5, 0.6) is 0 Å². The topological polar surface area (TPSA) is 96.6 Å². The maximum Gasteiger partial charge on any atom is 0.213 e. The molecular formula is C18H29IN4O2S. The van der Waals surface area contributed by atoms with E-state index in [0.29, 0.717) is 12.5 Å². The molecule has 8 heteroatoms. The molecule has 2 aliphatic carbocycles. The van der Waals surface area contributed by atoms with E-state index in [4.69, 9.17) is 5.73 Å². The van der Waals surface area contributed by atoms with Crippen molar-refractivity contribution in [2.24, 2.45) is 16.6 Å². The molecule has 3 rings (SSSR count). The van der Waals surface area contributed by atoms with Gasteiger partial charge >= 0.3 is 0 Å². The van der Waals surface area contributed by atoms with Crippen molar-refractivity contribution in [3.8, 4) is 0 Å². The largest absolute Gasteiger partial charge is 0.370 e. The number of rotatable bonds is 7. The number of hydrogen-bond donors (Lipinski definition) is 3. The van der Waals surface area contributed by atoms with Gasteiger partial charge in [0.1, 0.15) is 0 Å². The van der Waals surface area contributed by atoms with Gasteiger partial charge in [-0.05, 0) is 61.6 Å². The van der Waals surface area contributed by atoms with Crippen LogP contribution in [-0.2, 0) is 22.9 Å². The highest BCUT2D eigenvalue weighted by atomic mass is 127. The summed E-state index contributed by atoms with van der Waals surface area (Å²) < 4.78 is 26.6. The van der Waals surface area contributed by atoms with E-state index < -0.39 is 10.0 Å². The molecule has 0 unspecified atom stereocenters. The van der Waals surface area contributed by atoms with Crippen LogP contribution >= 0.6 is 24.0 Å². The maximum absolute atomic E-state index is 12.0. The molecule has 0 saturated heterocycles. The lowest BCUT2D eigenvalue weighted by Crippen LogP contribution is -2.34. The summed E-state index contributed by atoms with van der Waals surface area (Å²) in [6, 6.07) is 6.19. The van der Waals surface area contributed by atoms with Crippen LogP contribution in [0.1, 0.15) is 43.2 Å². The van der Waals surface area contributed by atoms with Crippen molar-refractivity contribution in [2.45, 2.75) is 44.9 Å². The lowest BCUT2D eigenvalue weighted by atomic mass is 9.86. The molecule has 1 saturated carbocycles. The molecule has 26 heavy (non-hydrogen) atoms. The Morgan fingerprint density at radius 3 is 2.69 bits per heavy atom. The highest BCUT2D eigenvalue weighted by Crippen LogP contribution is 2.27. The Hall–Kier alpha value is -0.870. The second kappa shape index (κ2) is 9.89. The van der Waals surface area contributed by atoms with Gasteiger partial charge in [-0.2, -0.15) is 0 Å². The van der Waals surface area contributed by atoms with E-state index in [2.05, 4.69) is 21.1 Å². The highest BCUT2D eigenvalue weighted by molar-refractivity contribution is 14.0. The fraction of sp³-hybridized carbons (Fsp3) is 0.611. The van der Waals surface area contributed by atoms with Crippen molar-refractivity contribution in [2.75, 3.05) is 24.2 Å². The number of nitrogens with two attached hydrogens (primary N) is 1. The van der Waals surface area contributed by atoms with Gasteiger partial charge in [0.05, 0.1) is 12.3 Å². The number of fused-ring (bicyclic) bond motifs is 1. The highest BCUT2D eigenvalue weighted by Gasteiger charge is 2.20. The Bertz CT molecular complexity index is 733. The van der Waals surface area contributed by atoms with Crippen molar-refractivity contribution in [3.63, 3.8) is 0 Å². The normalized spacial score (nSPS) is 17.8. The van der Waals surface area contributed by atoms with E-state index in [1.54, 1.807) is 0 Å². The number of halogens is 1. The molecule has 1 aromatic carbocycles. The Labute approximate surface area is 173 Å². The predicted octanol–water partition coefficient (Wildman–Crippen LogP) is 2.63. The molecule has 6 nitrogen and oxygen atoms in total. The van der Waals surface area contributed by atoms with E-state index in [0.717, 1.165) is 31.4 Å². The molecule has 0 heterocycles. The van der Waals surface area contributed by atoms with Gasteiger partial charge < -0.3 is 11.1 Å². The van der Waals surface area contributed by atoms with Crippen LogP contribution in [0, 0.1) is 5.92 Å². The van der Waals surface area contributed by atoms with Crippen molar-refractivity contribution in [3.05, 3.63) is 29.3 Å². The van der Waals surface area contributed by atoms with Gasteiger partial charge in [-0.15, -0.1) is 24.0 Å². The van der Waals surface area contributed by atoms with Crippen LogP contribution in [0.15, 0.2) is 23.2 Å². The van der Waals surface area contributed by atoms with Gasteiger partial charge in [0.25, 0.3) is 0 Å². The zero-order chi connectivity index (χ0) is 17.7. The second-order valence-electron chi connectivity index (χ2n) is 7.01. The number of aliphatic imine (C=N–C) groups is 1. The molecule has 0 spiro atoms. The minimum atomic E-state index is -3.28. The zero-order valence-corrected chi connectivity index (χ0v) is 18.2. The molecule has 0 aliphatic heterocycles. The van der Waals surface area contributed by atoms with Gasteiger partial charge in [-0.25, -0.2) is 13.1 Å².